The van der Waals surface area contributed by atoms with Gasteiger partial charge in [0.2, 0.25) is 0 Å². The molecule has 0 saturated carbocycles. The number of halogens is 3. The summed E-state index contributed by atoms with van der Waals surface area (Å²) in [6.07, 6.45) is 0. The Morgan fingerprint density at radius 2 is 1.76 bits per heavy atom. The van der Waals surface area contributed by atoms with Crippen molar-refractivity contribution in [2.24, 2.45) is 0 Å². The molecule has 0 aliphatic heterocycles. The minimum Gasteiger partial charge on any atom is -0.454 e. The number of nitriles is 1. The van der Waals surface area contributed by atoms with E-state index in [9.17, 15) is 10.1 Å². The van der Waals surface area contributed by atoms with E-state index < -0.39 is 4.92 Å². The Labute approximate surface area is 134 Å². The maximum atomic E-state index is 10.7. The third-order valence-corrected chi connectivity index (χ3v) is 3.79. The number of benzene rings is 2. The number of ether oxygens (including phenoxy) is 1. The first kappa shape index (κ1) is 15.4. The largest absolute Gasteiger partial charge is 0.454 e. The molecule has 0 radical (unpaired) electrons. The van der Waals surface area contributed by atoms with Crippen LogP contribution in [-0.2, 0) is 0 Å². The Morgan fingerprint density at radius 3 is 2.38 bits per heavy atom. The molecule has 21 heavy (non-hydrogen) atoms. The number of non-ortho nitro benzene ring substituents is 1. The van der Waals surface area contributed by atoms with Gasteiger partial charge in [0.1, 0.15) is 28.2 Å². The molecule has 0 fully saturated rings. The molecule has 0 saturated heterocycles. The molecule has 2 aromatic carbocycles. The van der Waals surface area contributed by atoms with Crippen LogP contribution in [0.1, 0.15) is 5.56 Å². The fraction of sp³-hybridized carbons (Fsp3) is 0. The van der Waals surface area contributed by atoms with Gasteiger partial charge < -0.3 is 4.74 Å². The zero-order valence-corrected chi connectivity index (χ0v) is 12.4. The summed E-state index contributed by atoms with van der Waals surface area (Å²) in [6.45, 7) is 0. The van der Waals surface area contributed by atoms with Crippen LogP contribution in [0.5, 0.6) is 11.5 Å². The zero-order valence-electron chi connectivity index (χ0n) is 10.1. The lowest BCUT2D eigenvalue weighted by Crippen LogP contribution is -1.93. The summed E-state index contributed by atoms with van der Waals surface area (Å²) in [6, 6.07) is 8.45. The predicted octanol–water partition coefficient (Wildman–Crippen LogP) is 5.22. The molecule has 2 rings (SSSR count). The fourth-order valence-electron chi connectivity index (χ4n) is 1.51. The lowest BCUT2D eigenvalue weighted by atomic mass is 10.2. The van der Waals surface area contributed by atoms with Crippen molar-refractivity contribution >= 4 is 40.5 Å². The van der Waals surface area contributed by atoms with E-state index in [0.717, 1.165) is 6.07 Å². The van der Waals surface area contributed by atoms with Crippen LogP contribution in [0.3, 0.4) is 0 Å². The predicted molar refractivity (Wildman–Crippen MR) is 79.4 cm³/mol. The maximum Gasteiger partial charge on any atom is 0.271 e. The van der Waals surface area contributed by atoms with E-state index in [0.29, 0.717) is 0 Å². The van der Waals surface area contributed by atoms with Crippen LogP contribution in [0, 0.1) is 21.4 Å². The zero-order chi connectivity index (χ0) is 15.6. The molecule has 0 aliphatic carbocycles. The minimum absolute atomic E-state index is 0.00587. The lowest BCUT2D eigenvalue weighted by Gasteiger charge is -2.10. The number of nitro groups is 1. The summed E-state index contributed by atoms with van der Waals surface area (Å²) in [5.41, 5.74) is -0.203. The van der Waals surface area contributed by atoms with Gasteiger partial charge in [0, 0.05) is 12.1 Å². The highest BCUT2D eigenvalue weighted by molar-refractivity contribution is 6.48. The second-order valence-corrected chi connectivity index (χ2v) is 4.99. The van der Waals surface area contributed by atoms with E-state index in [-0.39, 0.29) is 37.8 Å². The maximum absolute atomic E-state index is 10.7. The Kier molecular flexibility index (Phi) is 4.53. The smallest absolute Gasteiger partial charge is 0.271 e. The van der Waals surface area contributed by atoms with E-state index in [1.807, 2.05) is 6.07 Å². The van der Waals surface area contributed by atoms with Gasteiger partial charge in [-0.15, -0.1) is 0 Å². The Hall–Kier alpha value is -2.00. The van der Waals surface area contributed by atoms with Crippen molar-refractivity contribution in [3.8, 4) is 17.6 Å². The molecule has 0 atom stereocenters. The van der Waals surface area contributed by atoms with Gasteiger partial charge in [-0.05, 0) is 18.2 Å². The first-order valence-corrected chi connectivity index (χ1v) is 6.57. The molecule has 0 N–H and O–H groups in total. The van der Waals surface area contributed by atoms with Crippen LogP contribution in [0.25, 0.3) is 0 Å². The second kappa shape index (κ2) is 6.19. The highest BCUT2D eigenvalue weighted by atomic mass is 35.5. The van der Waals surface area contributed by atoms with Crippen LogP contribution >= 0.6 is 34.8 Å². The number of nitro benzene ring substituents is 1. The first-order valence-electron chi connectivity index (χ1n) is 5.44. The molecule has 0 heterocycles. The monoisotopic (exact) mass is 342 g/mol. The van der Waals surface area contributed by atoms with Gasteiger partial charge in [-0.2, -0.15) is 5.26 Å². The van der Waals surface area contributed by atoms with Crippen LogP contribution in [0.15, 0.2) is 30.3 Å². The average molecular weight is 344 g/mol. The van der Waals surface area contributed by atoms with Crippen molar-refractivity contribution in [1.82, 2.24) is 0 Å². The second-order valence-electron chi connectivity index (χ2n) is 3.82. The van der Waals surface area contributed by atoms with Crippen molar-refractivity contribution < 1.29 is 9.66 Å². The molecule has 8 heteroatoms. The molecule has 0 unspecified atom stereocenters. The quantitative estimate of drug-likeness (QED) is 0.435. The third-order valence-electron chi connectivity index (χ3n) is 2.51. The Morgan fingerprint density at radius 1 is 1.10 bits per heavy atom. The number of rotatable bonds is 3. The normalized spacial score (nSPS) is 10.0. The van der Waals surface area contributed by atoms with Crippen LogP contribution in [0.2, 0.25) is 15.1 Å². The van der Waals surface area contributed by atoms with E-state index in [4.69, 9.17) is 44.8 Å². The summed E-state index contributed by atoms with van der Waals surface area (Å²) in [5, 5.41) is 20.2. The number of hydrogen-bond acceptors (Lipinski definition) is 4. The molecule has 106 valence electrons. The third kappa shape index (κ3) is 3.19. The highest BCUT2D eigenvalue weighted by Crippen LogP contribution is 2.40. The topological polar surface area (TPSA) is 76.2 Å². The molecule has 0 aliphatic rings. The molecule has 0 bridgehead atoms. The van der Waals surface area contributed by atoms with Crippen molar-refractivity contribution in [3.63, 3.8) is 0 Å². The van der Waals surface area contributed by atoms with Crippen LogP contribution in [-0.4, -0.2) is 4.92 Å². The molecule has 0 aromatic heterocycles. The Balaban J connectivity index is 2.43. The summed E-state index contributed by atoms with van der Waals surface area (Å²) in [5.74, 6) is 0.319. The molecule has 5 nitrogen and oxygen atoms in total. The fourth-order valence-corrected chi connectivity index (χ4v) is 2.08. The van der Waals surface area contributed by atoms with Gasteiger partial charge in [-0.3, -0.25) is 10.1 Å². The van der Waals surface area contributed by atoms with Gasteiger partial charge in [-0.1, -0.05) is 34.8 Å². The standard InChI is InChI=1S/C13H5Cl3N2O3/c14-9-2-4-11(13(16)12(9)15)21-10-3-1-8(18(19)20)5-7(10)6-17/h1-5H. The van der Waals surface area contributed by atoms with Crippen molar-refractivity contribution in [3.05, 3.63) is 61.1 Å². The summed E-state index contributed by atoms with van der Waals surface area (Å²) in [7, 11) is 0. The molecule has 0 amide bonds. The van der Waals surface area contributed by atoms with Crippen LogP contribution in [0.4, 0.5) is 5.69 Å². The van der Waals surface area contributed by atoms with E-state index in [1.165, 1.54) is 24.3 Å². The number of nitrogens with zero attached hydrogens (tertiary/aromatic N) is 2. The number of hydrogen-bond donors (Lipinski definition) is 0. The lowest BCUT2D eigenvalue weighted by molar-refractivity contribution is -0.384. The molecular weight excluding hydrogens is 339 g/mol. The van der Waals surface area contributed by atoms with Gasteiger partial charge >= 0.3 is 0 Å². The summed E-state index contributed by atoms with van der Waals surface area (Å²) in [4.78, 5) is 10.1. The van der Waals surface area contributed by atoms with Crippen molar-refractivity contribution in [2.45, 2.75) is 0 Å². The SMILES string of the molecule is N#Cc1cc([N+](=O)[O-])ccc1Oc1ccc(Cl)c(Cl)c1Cl. The van der Waals surface area contributed by atoms with Gasteiger partial charge in [-0.25, -0.2) is 0 Å². The van der Waals surface area contributed by atoms with E-state index >= 15 is 0 Å². The summed E-state index contributed by atoms with van der Waals surface area (Å²) < 4.78 is 5.48. The van der Waals surface area contributed by atoms with Gasteiger partial charge in [0.15, 0.2) is 0 Å². The van der Waals surface area contributed by atoms with E-state index in [2.05, 4.69) is 0 Å². The average Bonchev–Trinajstić information content (AvgIpc) is 2.48. The Bertz CT molecular complexity index is 772. The molecule has 2 aromatic rings. The molecule has 0 spiro atoms. The first-order chi connectivity index (χ1) is 9.93. The van der Waals surface area contributed by atoms with Gasteiger partial charge in [0.05, 0.1) is 15.0 Å². The van der Waals surface area contributed by atoms with E-state index in [1.54, 1.807) is 0 Å². The highest BCUT2D eigenvalue weighted by Gasteiger charge is 2.15. The summed E-state index contributed by atoms with van der Waals surface area (Å²) >= 11 is 17.7. The van der Waals surface area contributed by atoms with Crippen molar-refractivity contribution in [1.29, 1.82) is 5.26 Å². The van der Waals surface area contributed by atoms with Crippen LogP contribution < -0.4 is 4.74 Å². The minimum atomic E-state index is -0.600. The molecular formula is C13H5Cl3N2O3. The van der Waals surface area contributed by atoms with Gasteiger partial charge in [0.25, 0.3) is 5.69 Å². The van der Waals surface area contributed by atoms with Crippen molar-refractivity contribution in [2.75, 3.05) is 0 Å².